The van der Waals surface area contributed by atoms with Gasteiger partial charge in [-0.1, -0.05) is 49.7 Å². The second-order valence-corrected chi connectivity index (χ2v) is 5.92. The van der Waals surface area contributed by atoms with Gasteiger partial charge in [0.25, 0.3) is 0 Å². The molecule has 3 rings (SSSR count). The Morgan fingerprint density at radius 1 is 1.20 bits per heavy atom. The zero-order valence-corrected chi connectivity index (χ0v) is 12.0. The molecule has 1 saturated carbocycles. The lowest BCUT2D eigenvalue weighted by Gasteiger charge is -2.13. The van der Waals surface area contributed by atoms with Gasteiger partial charge in [-0.2, -0.15) is 0 Å². The van der Waals surface area contributed by atoms with Crippen molar-refractivity contribution in [3.8, 4) is 0 Å². The first-order valence-electron chi connectivity index (χ1n) is 7.68. The third kappa shape index (κ3) is 3.02. The Hall–Kier alpha value is -1.38. The van der Waals surface area contributed by atoms with Crippen molar-refractivity contribution < 1.29 is 5.11 Å². The molecule has 2 heteroatoms. The molecule has 0 radical (unpaired) electrons. The first-order valence-corrected chi connectivity index (χ1v) is 7.68. The summed E-state index contributed by atoms with van der Waals surface area (Å²) in [6, 6.07) is 15.1. The van der Waals surface area contributed by atoms with Crippen molar-refractivity contribution in [2.75, 3.05) is 6.54 Å². The van der Waals surface area contributed by atoms with E-state index in [0.717, 1.165) is 11.5 Å². The van der Waals surface area contributed by atoms with Crippen LogP contribution in [0.2, 0.25) is 0 Å². The fourth-order valence-corrected chi connectivity index (χ4v) is 2.98. The van der Waals surface area contributed by atoms with E-state index in [9.17, 15) is 5.11 Å². The lowest BCUT2D eigenvalue weighted by Crippen LogP contribution is -2.24. The normalized spacial score (nSPS) is 22.9. The molecule has 20 heavy (non-hydrogen) atoms. The van der Waals surface area contributed by atoms with Crippen LogP contribution in [0, 0.1) is 5.92 Å². The zero-order chi connectivity index (χ0) is 13.9. The van der Waals surface area contributed by atoms with Gasteiger partial charge in [0.15, 0.2) is 0 Å². The number of hydrogen-bond acceptors (Lipinski definition) is 2. The van der Waals surface area contributed by atoms with E-state index in [1.54, 1.807) is 0 Å². The summed E-state index contributed by atoms with van der Waals surface area (Å²) < 4.78 is 0. The minimum atomic E-state index is -0.414. The number of rotatable bonds is 6. The first kappa shape index (κ1) is 13.6. The Bertz CT molecular complexity index is 580. The molecule has 3 unspecified atom stereocenters. The molecule has 1 aliphatic carbocycles. The lowest BCUT2D eigenvalue weighted by atomic mass is 10.0. The average Bonchev–Trinajstić information content (AvgIpc) is 3.23. The monoisotopic (exact) mass is 269 g/mol. The Balaban J connectivity index is 1.59. The van der Waals surface area contributed by atoms with Gasteiger partial charge in [-0.15, -0.1) is 0 Å². The molecule has 2 aromatic carbocycles. The molecule has 0 saturated heterocycles. The highest BCUT2D eigenvalue weighted by Gasteiger charge is 2.35. The molecule has 2 nitrogen and oxygen atoms in total. The third-order valence-corrected chi connectivity index (χ3v) is 4.31. The van der Waals surface area contributed by atoms with E-state index in [-0.39, 0.29) is 0 Å². The van der Waals surface area contributed by atoms with Crippen LogP contribution in [-0.4, -0.2) is 17.7 Å². The number of aliphatic hydroxyl groups is 1. The number of hydrogen-bond donors (Lipinski definition) is 2. The minimum Gasteiger partial charge on any atom is -0.387 e. The summed E-state index contributed by atoms with van der Waals surface area (Å²) in [5.74, 6) is 0.837. The largest absolute Gasteiger partial charge is 0.387 e. The van der Waals surface area contributed by atoms with E-state index in [4.69, 9.17) is 0 Å². The van der Waals surface area contributed by atoms with Gasteiger partial charge in [0.05, 0.1) is 6.10 Å². The molecule has 3 atom stereocenters. The maximum Gasteiger partial charge on any atom is 0.0914 e. The predicted molar refractivity (Wildman–Crippen MR) is 83.7 cm³/mol. The van der Waals surface area contributed by atoms with Crippen molar-refractivity contribution in [1.29, 1.82) is 0 Å². The first-order chi connectivity index (χ1) is 9.78. The highest BCUT2D eigenvalue weighted by atomic mass is 16.3. The van der Waals surface area contributed by atoms with Crippen molar-refractivity contribution in [3.05, 3.63) is 48.0 Å². The Labute approximate surface area is 120 Å². The highest BCUT2D eigenvalue weighted by molar-refractivity contribution is 5.83. The molecular weight excluding hydrogens is 246 g/mol. The van der Waals surface area contributed by atoms with Gasteiger partial charge in [0.2, 0.25) is 0 Å². The summed E-state index contributed by atoms with van der Waals surface area (Å²) in [7, 11) is 0. The van der Waals surface area contributed by atoms with Gasteiger partial charge in [-0.25, -0.2) is 0 Å². The van der Waals surface area contributed by atoms with E-state index in [1.165, 1.54) is 30.0 Å². The van der Waals surface area contributed by atoms with E-state index in [2.05, 4.69) is 36.5 Å². The van der Waals surface area contributed by atoms with Crippen LogP contribution in [0.5, 0.6) is 0 Å². The van der Waals surface area contributed by atoms with Crippen LogP contribution >= 0.6 is 0 Å². The summed E-state index contributed by atoms with van der Waals surface area (Å²) in [6.45, 7) is 2.89. The van der Waals surface area contributed by atoms with Crippen LogP contribution in [0.1, 0.15) is 37.9 Å². The highest BCUT2D eigenvalue weighted by Crippen LogP contribution is 2.34. The van der Waals surface area contributed by atoms with Crippen LogP contribution in [0.3, 0.4) is 0 Å². The summed E-state index contributed by atoms with van der Waals surface area (Å²) in [6.07, 6.45) is 3.43. The SMILES string of the molecule is CCCC1CC1NCC(O)c1ccc2ccccc2c1. The number of fused-ring (bicyclic) bond motifs is 1. The molecule has 106 valence electrons. The Morgan fingerprint density at radius 3 is 2.80 bits per heavy atom. The van der Waals surface area contributed by atoms with Crippen LogP contribution < -0.4 is 5.32 Å². The van der Waals surface area contributed by atoms with Crippen LogP contribution in [0.25, 0.3) is 10.8 Å². The van der Waals surface area contributed by atoms with E-state index < -0.39 is 6.10 Å². The smallest absolute Gasteiger partial charge is 0.0914 e. The fourth-order valence-electron chi connectivity index (χ4n) is 2.98. The molecule has 0 amide bonds. The maximum absolute atomic E-state index is 10.3. The van der Waals surface area contributed by atoms with Gasteiger partial charge in [0, 0.05) is 12.6 Å². The zero-order valence-electron chi connectivity index (χ0n) is 12.0. The van der Waals surface area contributed by atoms with Crippen LogP contribution in [0.4, 0.5) is 0 Å². The van der Waals surface area contributed by atoms with Crippen molar-refractivity contribution >= 4 is 10.8 Å². The fraction of sp³-hybridized carbons (Fsp3) is 0.444. The van der Waals surface area contributed by atoms with Gasteiger partial charge < -0.3 is 10.4 Å². The van der Waals surface area contributed by atoms with Gasteiger partial charge in [0.1, 0.15) is 0 Å². The topological polar surface area (TPSA) is 32.3 Å². The molecule has 2 aromatic rings. The van der Waals surface area contributed by atoms with Crippen molar-refractivity contribution in [2.24, 2.45) is 5.92 Å². The summed E-state index contributed by atoms with van der Waals surface area (Å²) >= 11 is 0. The lowest BCUT2D eigenvalue weighted by molar-refractivity contribution is 0.173. The molecule has 0 spiro atoms. The van der Waals surface area contributed by atoms with Crippen LogP contribution in [-0.2, 0) is 0 Å². The van der Waals surface area contributed by atoms with Crippen molar-refractivity contribution in [1.82, 2.24) is 5.32 Å². The molecule has 1 aliphatic rings. The molecule has 2 N–H and O–H groups in total. The second-order valence-electron chi connectivity index (χ2n) is 5.92. The maximum atomic E-state index is 10.3. The predicted octanol–water partition coefficient (Wildman–Crippen LogP) is 3.65. The summed E-state index contributed by atoms with van der Waals surface area (Å²) in [5, 5.41) is 16.2. The van der Waals surface area contributed by atoms with Gasteiger partial charge >= 0.3 is 0 Å². The van der Waals surface area contributed by atoms with Crippen LogP contribution in [0.15, 0.2) is 42.5 Å². The van der Waals surface area contributed by atoms with Crippen molar-refractivity contribution in [3.63, 3.8) is 0 Å². The van der Waals surface area contributed by atoms with E-state index >= 15 is 0 Å². The molecule has 1 fully saturated rings. The summed E-state index contributed by atoms with van der Waals surface area (Å²) in [4.78, 5) is 0. The molecule has 0 aliphatic heterocycles. The molecule has 0 heterocycles. The van der Waals surface area contributed by atoms with E-state index in [1.807, 2.05) is 18.2 Å². The van der Waals surface area contributed by atoms with E-state index in [0.29, 0.717) is 12.6 Å². The quantitative estimate of drug-likeness (QED) is 0.839. The third-order valence-electron chi connectivity index (χ3n) is 4.31. The average molecular weight is 269 g/mol. The Morgan fingerprint density at radius 2 is 2.00 bits per heavy atom. The van der Waals surface area contributed by atoms with Gasteiger partial charge in [-0.05, 0) is 41.2 Å². The number of nitrogens with one attached hydrogen (secondary N) is 1. The van der Waals surface area contributed by atoms with Crippen molar-refractivity contribution in [2.45, 2.75) is 38.3 Å². The van der Waals surface area contributed by atoms with Gasteiger partial charge in [-0.3, -0.25) is 0 Å². The second kappa shape index (κ2) is 5.94. The minimum absolute atomic E-state index is 0.414. The Kier molecular flexibility index (Phi) is 4.04. The number of aliphatic hydroxyl groups excluding tert-OH is 1. The number of benzene rings is 2. The molecule has 0 bridgehead atoms. The molecular formula is C18H23NO. The standard InChI is InChI=1S/C18H23NO/c1-2-5-15-11-17(15)19-12-18(20)16-9-8-13-6-3-4-7-14(13)10-16/h3-4,6-10,15,17-20H,2,5,11-12H2,1H3. The molecule has 0 aromatic heterocycles. The summed E-state index contributed by atoms with van der Waals surface area (Å²) in [5.41, 5.74) is 1.00.